The van der Waals surface area contributed by atoms with Crippen LogP contribution in [-0.4, -0.2) is 28.2 Å². The lowest BCUT2D eigenvalue weighted by Crippen LogP contribution is -2.16. The van der Waals surface area contributed by atoms with E-state index in [2.05, 4.69) is 46.1 Å². The minimum atomic E-state index is 0.511. The van der Waals surface area contributed by atoms with E-state index in [-0.39, 0.29) is 0 Å². The predicted octanol–water partition coefficient (Wildman–Crippen LogP) is 4.08. The van der Waals surface area contributed by atoms with Crippen molar-refractivity contribution in [2.45, 2.75) is 11.4 Å². The summed E-state index contributed by atoms with van der Waals surface area (Å²) >= 11 is 7.07. The molecule has 2 N–H and O–H groups in total. The number of aromatic amines is 1. The molecule has 24 heavy (non-hydrogen) atoms. The molecule has 0 bridgehead atoms. The van der Waals surface area contributed by atoms with E-state index in [1.54, 1.807) is 23.5 Å². The first-order valence-corrected chi connectivity index (χ1v) is 9.04. The van der Waals surface area contributed by atoms with Gasteiger partial charge in [-0.25, -0.2) is 9.77 Å². The van der Waals surface area contributed by atoms with Gasteiger partial charge in [-0.15, -0.1) is 11.8 Å². The maximum Gasteiger partial charge on any atom is 0.214 e. The molecular formula is C17H18N4OS2. The molecule has 3 aromatic rings. The highest BCUT2D eigenvalue weighted by molar-refractivity contribution is 7.98. The lowest BCUT2D eigenvalue weighted by Gasteiger charge is -2.12. The second-order valence-corrected chi connectivity index (χ2v) is 6.34. The Balaban J connectivity index is 1.86. The van der Waals surface area contributed by atoms with Crippen molar-refractivity contribution in [3.05, 3.63) is 58.9 Å². The number of aromatic nitrogens is 3. The number of nitrogens with zero attached hydrogens (tertiary/aromatic N) is 2. The Morgan fingerprint density at radius 1 is 1.21 bits per heavy atom. The second-order valence-electron chi connectivity index (χ2n) is 5.07. The Kier molecular flexibility index (Phi) is 5.22. The number of thioether (sulfide) groups is 1. The van der Waals surface area contributed by atoms with Crippen molar-refractivity contribution in [2.24, 2.45) is 0 Å². The summed E-state index contributed by atoms with van der Waals surface area (Å²) in [6.45, 7) is 0.644. The molecule has 0 saturated heterocycles. The largest absolute Gasteiger partial charge is 0.496 e. The lowest BCUT2D eigenvalue weighted by molar-refractivity contribution is 0.416. The topological polar surface area (TPSA) is 54.9 Å². The summed E-state index contributed by atoms with van der Waals surface area (Å²) in [7, 11) is 1.64. The van der Waals surface area contributed by atoms with Gasteiger partial charge in [-0.2, -0.15) is 5.10 Å². The quantitative estimate of drug-likeness (QED) is 0.514. The summed E-state index contributed by atoms with van der Waals surface area (Å²) < 4.78 is 7.71. The molecule has 1 heterocycles. The Hall–Kier alpha value is -2.25. The maximum atomic E-state index is 5.42. The van der Waals surface area contributed by atoms with Gasteiger partial charge in [0.1, 0.15) is 5.75 Å². The van der Waals surface area contributed by atoms with Crippen LogP contribution in [0.15, 0.2) is 53.4 Å². The zero-order valence-corrected chi connectivity index (χ0v) is 15.1. The van der Waals surface area contributed by atoms with Crippen LogP contribution in [0.5, 0.6) is 5.75 Å². The van der Waals surface area contributed by atoms with E-state index in [4.69, 9.17) is 17.0 Å². The van der Waals surface area contributed by atoms with E-state index in [1.165, 1.54) is 10.5 Å². The van der Waals surface area contributed by atoms with Crippen LogP contribution in [0.4, 0.5) is 0 Å². The highest BCUT2D eigenvalue weighted by Crippen LogP contribution is 2.27. The third-order valence-corrected chi connectivity index (χ3v) is 4.64. The minimum absolute atomic E-state index is 0.511. The number of ether oxygens (including phenoxy) is 1. The third-order valence-electron chi connectivity index (χ3n) is 3.62. The molecule has 5 nitrogen and oxygen atoms in total. The molecule has 0 amide bonds. The van der Waals surface area contributed by atoms with Gasteiger partial charge < -0.3 is 10.2 Å². The van der Waals surface area contributed by atoms with Crippen LogP contribution in [0.2, 0.25) is 0 Å². The van der Waals surface area contributed by atoms with Gasteiger partial charge in [0.2, 0.25) is 4.77 Å². The lowest BCUT2D eigenvalue weighted by atomic mass is 10.2. The number of hydrogen-bond acceptors (Lipinski definition) is 5. The van der Waals surface area contributed by atoms with Gasteiger partial charge in [-0.3, -0.25) is 0 Å². The molecule has 124 valence electrons. The van der Waals surface area contributed by atoms with E-state index < -0.39 is 0 Å². The van der Waals surface area contributed by atoms with Gasteiger partial charge in [-0.05, 0) is 48.3 Å². The van der Waals surface area contributed by atoms with Gasteiger partial charge in [0.15, 0.2) is 5.82 Å². The average molecular weight is 358 g/mol. The molecule has 1 aromatic heterocycles. The molecule has 7 heteroatoms. The fraction of sp³-hybridized carbons (Fsp3) is 0.176. The molecule has 0 spiro atoms. The Morgan fingerprint density at radius 2 is 1.96 bits per heavy atom. The molecule has 3 rings (SSSR count). The summed E-state index contributed by atoms with van der Waals surface area (Å²) in [5.41, 5.74) is 5.36. The number of para-hydroxylation sites is 1. The first-order chi connectivity index (χ1) is 11.7. The van der Waals surface area contributed by atoms with Crippen LogP contribution in [0, 0.1) is 4.77 Å². The molecule has 0 unspecified atom stereocenters. The molecule has 0 radical (unpaired) electrons. The van der Waals surface area contributed by atoms with Crippen LogP contribution in [0.1, 0.15) is 5.56 Å². The number of rotatable bonds is 6. The van der Waals surface area contributed by atoms with E-state index >= 15 is 0 Å². The van der Waals surface area contributed by atoms with Crippen molar-refractivity contribution in [1.82, 2.24) is 14.9 Å². The number of benzene rings is 2. The Morgan fingerprint density at radius 3 is 2.67 bits per heavy atom. The summed E-state index contributed by atoms with van der Waals surface area (Å²) in [5.74, 6) is 1.44. The van der Waals surface area contributed by atoms with Gasteiger partial charge in [0.05, 0.1) is 19.2 Å². The van der Waals surface area contributed by atoms with Crippen LogP contribution in [0.25, 0.3) is 11.4 Å². The molecule has 0 saturated carbocycles. The molecule has 0 fully saturated rings. The zero-order chi connectivity index (χ0) is 16.9. The monoisotopic (exact) mass is 358 g/mol. The number of nitrogens with one attached hydrogen (secondary N) is 2. The first-order valence-electron chi connectivity index (χ1n) is 7.40. The summed E-state index contributed by atoms with van der Waals surface area (Å²) in [5, 5.41) is 7.17. The standard InChI is InChI=1S/C17H18N4OS2/c1-22-15-6-4-3-5-14(15)16-19-20-17(23)21(16)18-11-12-7-9-13(24-2)10-8-12/h3-10,18H,11H2,1-2H3,(H,20,23). The van der Waals surface area contributed by atoms with E-state index in [1.807, 2.05) is 24.3 Å². The molecule has 2 aromatic carbocycles. The highest BCUT2D eigenvalue weighted by atomic mass is 32.2. The maximum absolute atomic E-state index is 5.42. The van der Waals surface area contributed by atoms with Crippen molar-refractivity contribution >= 4 is 24.0 Å². The van der Waals surface area contributed by atoms with Gasteiger partial charge in [0.25, 0.3) is 0 Å². The smallest absolute Gasteiger partial charge is 0.214 e. The van der Waals surface area contributed by atoms with Gasteiger partial charge >= 0.3 is 0 Å². The fourth-order valence-corrected chi connectivity index (χ4v) is 2.97. The summed E-state index contributed by atoms with van der Waals surface area (Å²) in [6.07, 6.45) is 2.07. The van der Waals surface area contributed by atoms with Crippen LogP contribution < -0.4 is 10.2 Å². The van der Waals surface area contributed by atoms with Gasteiger partial charge in [-0.1, -0.05) is 24.3 Å². The van der Waals surface area contributed by atoms with E-state index in [0.29, 0.717) is 17.1 Å². The van der Waals surface area contributed by atoms with Crippen LogP contribution in [-0.2, 0) is 6.54 Å². The minimum Gasteiger partial charge on any atom is -0.496 e. The third kappa shape index (κ3) is 3.47. The molecule has 0 aliphatic rings. The normalized spacial score (nSPS) is 10.6. The zero-order valence-electron chi connectivity index (χ0n) is 13.4. The van der Waals surface area contributed by atoms with Crippen LogP contribution >= 0.6 is 24.0 Å². The van der Waals surface area contributed by atoms with Crippen molar-refractivity contribution in [3.8, 4) is 17.1 Å². The van der Waals surface area contributed by atoms with Crippen molar-refractivity contribution in [1.29, 1.82) is 0 Å². The molecule has 0 atom stereocenters. The molecule has 0 aliphatic heterocycles. The summed E-state index contributed by atoms with van der Waals surface area (Å²) in [4.78, 5) is 1.24. The Labute approximate surface area is 150 Å². The average Bonchev–Trinajstić information content (AvgIpc) is 3.00. The Bertz CT molecular complexity index is 871. The van der Waals surface area contributed by atoms with Crippen molar-refractivity contribution < 1.29 is 4.74 Å². The second kappa shape index (κ2) is 7.55. The van der Waals surface area contributed by atoms with E-state index in [0.717, 1.165) is 11.3 Å². The first kappa shape index (κ1) is 16.6. The number of hydrogen-bond donors (Lipinski definition) is 2. The number of H-pyrrole nitrogens is 1. The number of methoxy groups -OCH3 is 1. The highest BCUT2D eigenvalue weighted by Gasteiger charge is 2.13. The van der Waals surface area contributed by atoms with Gasteiger partial charge in [0, 0.05) is 4.90 Å². The van der Waals surface area contributed by atoms with Crippen molar-refractivity contribution in [3.63, 3.8) is 0 Å². The van der Waals surface area contributed by atoms with E-state index in [9.17, 15) is 0 Å². The summed E-state index contributed by atoms with van der Waals surface area (Å²) in [6, 6.07) is 16.1. The predicted molar refractivity (Wildman–Crippen MR) is 101 cm³/mol. The molecule has 0 aliphatic carbocycles. The van der Waals surface area contributed by atoms with Crippen molar-refractivity contribution in [2.75, 3.05) is 18.8 Å². The molecular weight excluding hydrogens is 340 g/mol. The SMILES string of the molecule is COc1ccccc1-c1n[nH]c(=S)n1NCc1ccc(SC)cc1. The van der Waals surface area contributed by atoms with Crippen LogP contribution in [0.3, 0.4) is 0 Å². The fourth-order valence-electron chi connectivity index (χ4n) is 2.37.